The number of carbonyl (C=O) groups excluding carboxylic acids is 1. The predicted octanol–water partition coefficient (Wildman–Crippen LogP) is 5.27. The normalized spacial score (nSPS) is 14.6. The topological polar surface area (TPSA) is 61.0 Å². The lowest BCUT2D eigenvalue weighted by atomic mass is 9.90. The number of fused-ring (bicyclic) bond motifs is 1. The van der Waals surface area contributed by atoms with Crippen LogP contribution in [0.25, 0.3) is 10.9 Å². The molecule has 0 saturated carbocycles. The highest BCUT2D eigenvalue weighted by atomic mass is 16.1. The Labute approximate surface area is 182 Å². The summed E-state index contributed by atoms with van der Waals surface area (Å²) >= 11 is 0. The molecule has 1 fully saturated rings. The van der Waals surface area contributed by atoms with E-state index in [1.165, 1.54) is 18.4 Å². The van der Waals surface area contributed by atoms with E-state index in [1.54, 1.807) is 24.5 Å². The van der Waals surface area contributed by atoms with Gasteiger partial charge in [0.05, 0.1) is 0 Å². The van der Waals surface area contributed by atoms with E-state index in [0.717, 1.165) is 47.8 Å². The second-order valence-corrected chi connectivity index (χ2v) is 8.27. The fourth-order valence-electron chi connectivity index (χ4n) is 4.39. The van der Waals surface area contributed by atoms with E-state index >= 15 is 0 Å². The molecule has 1 saturated heterocycles. The van der Waals surface area contributed by atoms with E-state index in [9.17, 15) is 4.79 Å². The monoisotopic (exact) mass is 410 g/mol. The molecule has 0 atom stereocenters. The molecule has 5 heteroatoms. The number of amides is 1. The first-order chi connectivity index (χ1) is 15.2. The van der Waals surface area contributed by atoms with Crippen molar-refractivity contribution in [1.82, 2.24) is 9.97 Å². The van der Waals surface area contributed by atoms with Crippen LogP contribution in [0.1, 0.15) is 28.8 Å². The van der Waals surface area contributed by atoms with Crippen molar-refractivity contribution in [2.24, 2.45) is 5.92 Å². The summed E-state index contributed by atoms with van der Waals surface area (Å²) in [4.78, 5) is 22.5. The zero-order chi connectivity index (χ0) is 21.0. The van der Waals surface area contributed by atoms with Crippen LogP contribution in [-0.4, -0.2) is 29.0 Å². The number of benzene rings is 2. The molecule has 0 unspecified atom stereocenters. The molecule has 0 radical (unpaired) electrons. The highest BCUT2D eigenvalue weighted by Crippen LogP contribution is 2.28. The molecule has 1 aliphatic rings. The van der Waals surface area contributed by atoms with Gasteiger partial charge in [-0.2, -0.15) is 0 Å². The van der Waals surface area contributed by atoms with Crippen LogP contribution in [0, 0.1) is 5.92 Å². The van der Waals surface area contributed by atoms with Gasteiger partial charge in [0.15, 0.2) is 0 Å². The number of aromatic amines is 1. The minimum Gasteiger partial charge on any atom is -0.358 e. The lowest BCUT2D eigenvalue weighted by Gasteiger charge is -2.32. The van der Waals surface area contributed by atoms with Crippen molar-refractivity contribution in [3.8, 4) is 0 Å². The second kappa shape index (κ2) is 8.64. The molecule has 0 aliphatic carbocycles. The first kappa shape index (κ1) is 19.4. The Morgan fingerprint density at radius 2 is 1.77 bits per heavy atom. The predicted molar refractivity (Wildman–Crippen MR) is 126 cm³/mol. The second-order valence-electron chi connectivity index (χ2n) is 8.27. The van der Waals surface area contributed by atoms with Gasteiger partial charge in [0.25, 0.3) is 5.91 Å². The van der Waals surface area contributed by atoms with Gasteiger partial charge in [0.2, 0.25) is 0 Å². The van der Waals surface area contributed by atoms with Gasteiger partial charge < -0.3 is 15.2 Å². The van der Waals surface area contributed by atoms with Crippen LogP contribution in [0.4, 0.5) is 11.5 Å². The van der Waals surface area contributed by atoms with Gasteiger partial charge in [-0.15, -0.1) is 0 Å². The number of rotatable bonds is 5. The smallest absolute Gasteiger partial charge is 0.255 e. The van der Waals surface area contributed by atoms with Crippen molar-refractivity contribution < 1.29 is 4.79 Å². The Morgan fingerprint density at radius 1 is 1.00 bits per heavy atom. The first-order valence-electron chi connectivity index (χ1n) is 10.9. The summed E-state index contributed by atoms with van der Waals surface area (Å²) in [7, 11) is 0. The van der Waals surface area contributed by atoms with E-state index in [-0.39, 0.29) is 5.91 Å². The molecule has 4 aromatic rings. The number of anilines is 2. The fraction of sp³-hybridized carbons (Fsp3) is 0.231. The summed E-state index contributed by atoms with van der Waals surface area (Å²) in [5, 5.41) is 3.98. The van der Waals surface area contributed by atoms with Crippen LogP contribution in [-0.2, 0) is 6.42 Å². The van der Waals surface area contributed by atoms with Gasteiger partial charge >= 0.3 is 0 Å². The van der Waals surface area contributed by atoms with Crippen molar-refractivity contribution in [3.05, 3.63) is 90.3 Å². The molecule has 156 valence electrons. The SMILES string of the molecule is O=C(Nc1ccncc1)c1ccc2[nH]c(N3CCC(Cc4ccccc4)CC3)cc2c1. The van der Waals surface area contributed by atoms with Crippen molar-refractivity contribution in [1.29, 1.82) is 0 Å². The zero-order valence-corrected chi connectivity index (χ0v) is 17.4. The van der Waals surface area contributed by atoms with Crippen LogP contribution in [0.3, 0.4) is 0 Å². The third kappa shape index (κ3) is 4.45. The van der Waals surface area contributed by atoms with Crippen molar-refractivity contribution in [3.63, 3.8) is 0 Å². The van der Waals surface area contributed by atoms with Gasteiger partial charge in [-0.05, 0) is 67.1 Å². The number of nitrogens with zero attached hydrogens (tertiary/aromatic N) is 2. The van der Waals surface area contributed by atoms with Crippen molar-refractivity contribution in [2.45, 2.75) is 19.3 Å². The number of pyridine rings is 1. The Hall–Kier alpha value is -3.60. The molecule has 1 aliphatic heterocycles. The standard InChI is InChI=1S/C26H26N4O/c31-26(28-23-8-12-27-13-9-23)21-6-7-24-22(17-21)18-25(29-24)30-14-10-20(11-15-30)16-19-4-2-1-3-5-19/h1-9,12-13,17-18,20,29H,10-11,14-16H2,(H,27,28,31). The quantitative estimate of drug-likeness (QED) is 0.471. The van der Waals surface area contributed by atoms with Gasteiger partial charge in [0.1, 0.15) is 5.82 Å². The summed E-state index contributed by atoms with van der Waals surface area (Å²) in [6.07, 6.45) is 6.89. The van der Waals surface area contributed by atoms with Crippen LogP contribution in [0.15, 0.2) is 79.1 Å². The maximum atomic E-state index is 12.6. The summed E-state index contributed by atoms with van der Waals surface area (Å²) in [6.45, 7) is 2.11. The first-order valence-corrected chi connectivity index (χ1v) is 10.9. The number of H-pyrrole nitrogens is 1. The summed E-state index contributed by atoms with van der Waals surface area (Å²) < 4.78 is 0. The summed E-state index contributed by atoms with van der Waals surface area (Å²) in [5.74, 6) is 1.77. The Morgan fingerprint density at radius 3 is 2.55 bits per heavy atom. The van der Waals surface area contributed by atoms with Crippen molar-refractivity contribution >= 4 is 28.3 Å². The van der Waals surface area contributed by atoms with Crippen molar-refractivity contribution in [2.75, 3.05) is 23.3 Å². The molecule has 1 amide bonds. The molecule has 2 N–H and O–H groups in total. The van der Waals surface area contributed by atoms with Gasteiger partial charge in [0, 0.05) is 47.6 Å². The molecular formula is C26H26N4O. The third-order valence-corrected chi connectivity index (χ3v) is 6.13. The fourth-order valence-corrected chi connectivity index (χ4v) is 4.39. The summed E-state index contributed by atoms with van der Waals surface area (Å²) in [5.41, 5.74) is 3.88. The molecule has 2 aromatic carbocycles. The Bertz CT molecular complexity index is 1160. The van der Waals surface area contributed by atoms with Crippen LogP contribution >= 0.6 is 0 Å². The minimum atomic E-state index is -0.113. The molecule has 5 rings (SSSR count). The molecule has 31 heavy (non-hydrogen) atoms. The molecule has 0 bridgehead atoms. The van der Waals surface area contributed by atoms with E-state index in [2.05, 4.69) is 56.6 Å². The highest BCUT2D eigenvalue weighted by molar-refractivity contribution is 6.06. The minimum absolute atomic E-state index is 0.113. The largest absolute Gasteiger partial charge is 0.358 e. The molecule has 3 heterocycles. The Balaban J connectivity index is 1.25. The van der Waals surface area contributed by atoms with Gasteiger partial charge in [-0.3, -0.25) is 9.78 Å². The van der Waals surface area contributed by atoms with E-state index < -0.39 is 0 Å². The Kier molecular flexibility index (Phi) is 5.40. The number of carbonyl (C=O) groups is 1. The third-order valence-electron chi connectivity index (χ3n) is 6.13. The van der Waals surface area contributed by atoms with Crippen LogP contribution in [0.2, 0.25) is 0 Å². The number of aromatic nitrogens is 2. The summed E-state index contributed by atoms with van der Waals surface area (Å²) in [6, 6.07) is 22.3. The zero-order valence-electron chi connectivity index (χ0n) is 17.4. The molecule has 5 nitrogen and oxygen atoms in total. The van der Waals surface area contributed by atoms with Gasteiger partial charge in [-0.25, -0.2) is 0 Å². The number of nitrogens with one attached hydrogen (secondary N) is 2. The van der Waals surface area contributed by atoms with Gasteiger partial charge in [-0.1, -0.05) is 30.3 Å². The maximum absolute atomic E-state index is 12.6. The molecule has 2 aromatic heterocycles. The lowest BCUT2D eigenvalue weighted by Crippen LogP contribution is -2.34. The van der Waals surface area contributed by atoms with E-state index in [0.29, 0.717) is 5.56 Å². The van der Waals surface area contributed by atoms with E-state index in [4.69, 9.17) is 0 Å². The van der Waals surface area contributed by atoms with E-state index in [1.807, 2.05) is 18.2 Å². The number of hydrogen-bond donors (Lipinski definition) is 2. The highest BCUT2D eigenvalue weighted by Gasteiger charge is 2.21. The maximum Gasteiger partial charge on any atom is 0.255 e. The number of hydrogen-bond acceptors (Lipinski definition) is 3. The molecular weight excluding hydrogens is 384 g/mol. The average Bonchev–Trinajstić information content (AvgIpc) is 3.24. The average molecular weight is 411 g/mol. The van der Waals surface area contributed by atoms with Crippen LogP contribution < -0.4 is 10.2 Å². The van der Waals surface area contributed by atoms with Crippen LogP contribution in [0.5, 0.6) is 0 Å². The molecule has 0 spiro atoms. The number of piperidine rings is 1. The lowest BCUT2D eigenvalue weighted by molar-refractivity contribution is 0.102.